The third-order valence-corrected chi connectivity index (χ3v) is 6.72. The molecule has 1 fully saturated rings. The lowest BCUT2D eigenvalue weighted by molar-refractivity contribution is 0.00704. The molecule has 0 bridgehead atoms. The molecule has 0 amide bonds. The Balaban J connectivity index is 1.39. The average Bonchev–Trinajstić information content (AvgIpc) is 2.83. The number of ether oxygens (including phenoxy) is 3. The SMILES string of the molecule is COc1ccccc1N1CCN(C[C@H](O)COCCOc2ccc(C(C)(C)C)cc2C(C)(C)C)CC1. The molecule has 1 heterocycles. The van der Waals surface area contributed by atoms with E-state index in [1.807, 2.05) is 18.2 Å². The Hall–Kier alpha value is -2.28. The highest BCUT2D eigenvalue weighted by Crippen LogP contribution is 2.35. The molecular weight excluding hydrogens is 452 g/mol. The van der Waals surface area contributed by atoms with E-state index in [9.17, 15) is 5.11 Å². The van der Waals surface area contributed by atoms with Gasteiger partial charge in [-0.25, -0.2) is 0 Å². The zero-order valence-corrected chi connectivity index (χ0v) is 23.3. The number of β-amino-alcohol motifs (C(OH)–C–C–N with tert-alkyl or cyclic N) is 1. The van der Waals surface area contributed by atoms with Crippen molar-refractivity contribution in [2.75, 3.05) is 64.6 Å². The molecule has 6 heteroatoms. The number of benzene rings is 2. The average molecular weight is 499 g/mol. The number of nitrogens with zero attached hydrogens (tertiary/aromatic N) is 2. The Morgan fingerprint density at radius 1 is 0.861 bits per heavy atom. The first kappa shape index (κ1) is 28.3. The largest absolute Gasteiger partial charge is 0.495 e. The number of aliphatic hydroxyl groups is 1. The molecule has 0 saturated carbocycles. The molecule has 1 saturated heterocycles. The fourth-order valence-corrected chi connectivity index (χ4v) is 4.55. The predicted molar refractivity (Wildman–Crippen MR) is 148 cm³/mol. The van der Waals surface area contributed by atoms with E-state index in [0.717, 1.165) is 43.4 Å². The summed E-state index contributed by atoms with van der Waals surface area (Å²) in [6, 6.07) is 14.6. The van der Waals surface area contributed by atoms with E-state index in [0.29, 0.717) is 26.4 Å². The van der Waals surface area contributed by atoms with Gasteiger partial charge in [0.05, 0.1) is 32.1 Å². The molecule has 2 aromatic rings. The fourth-order valence-electron chi connectivity index (χ4n) is 4.55. The lowest BCUT2D eigenvalue weighted by Crippen LogP contribution is -2.49. The minimum absolute atomic E-state index is 0.0106. The van der Waals surface area contributed by atoms with Crippen LogP contribution in [0.2, 0.25) is 0 Å². The van der Waals surface area contributed by atoms with Crippen LogP contribution in [0.5, 0.6) is 11.5 Å². The van der Waals surface area contributed by atoms with E-state index in [-0.39, 0.29) is 10.8 Å². The van der Waals surface area contributed by atoms with E-state index >= 15 is 0 Å². The van der Waals surface area contributed by atoms with Crippen LogP contribution in [-0.2, 0) is 15.6 Å². The zero-order chi connectivity index (χ0) is 26.3. The van der Waals surface area contributed by atoms with Gasteiger partial charge in [0.2, 0.25) is 0 Å². The minimum Gasteiger partial charge on any atom is -0.495 e. The topological polar surface area (TPSA) is 54.4 Å². The van der Waals surface area contributed by atoms with Gasteiger partial charge in [-0.1, -0.05) is 65.8 Å². The molecule has 1 atom stereocenters. The summed E-state index contributed by atoms with van der Waals surface area (Å²) in [4.78, 5) is 4.64. The summed E-state index contributed by atoms with van der Waals surface area (Å²) in [5.74, 6) is 1.81. The van der Waals surface area contributed by atoms with E-state index in [1.54, 1.807) is 7.11 Å². The van der Waals surface area contributed by atoms with E-state index in [4.69, 9.17) is 14.2 Å². The highest BCUT2D eigenvalue weighted by Gasteiger charge is 2.24. The molecule has 2 aromatic carbocycles. The number of piperazine rings is 1. The first-order chi connectivity index (χ1) is 17.0. The monoisotopic (exact) mass is 498 g/mol. The second-order valence-electron chi connectivity index (χ2n) is 11.7. The summed E-state index contributed by atoms with van der Waals surface area (Å²) in [5, 5.41) is 10.5. The summed E-state index contributed by atoms with van der Waals surface area (Å²) in [7, 11) is 1.71. The van der Waals surface area contributed by atoms with Gasteiger partial charge >= 0.3 is 0 Å². The third kappa shape index (κ3) is 7.86. The van der Waals surface area contributed by atoms with Gasteiger partial charge in [-0.2, -0.15) is 0 Å². The van der Waals surface area contributed by atoms with Crippen LogP contribution in [-0.4, -0.2) is 75.8 Å². The first-order valence-corrected chi connectivity index (χ1v) is 13.1. The van der Waals surface area contributed by atoms with Gasteiger partial charge in [0.15, 0.2) is 0 Å². The standard InChI is InChI=1S/C30H46N2O4/c1-29(2,3)23-12-13-27(25(20-23)30(4,5)6)36-19-18-35-22-24(33)21-31-14-16-32(17-15-31)26-10-8-9-11-28(26)34-7/h8-13,20,24,33H,14-19,21-22H2,1-7H3/t24-/m0/s1. The zero-order valence-electron chi connectivity index (χ0n) is 23.3. The molecular formula is C30H46N2O4. The molecule has 0 unspecified atom stereocenters. The van der Waals surface area contributed by atoms with Crippen LogP contribution in [0, 0.1) is 0 Å². The van der Waals surface area contributed by atoms with Gasteiger partial charge < -0.3 is 24.2 Å². The molecule has 1 N–H and O–H groups in total. The van der Waals surface area contributed by atoms with Gasteiger partial charge in [0.25, 0.3) is 0 Å². The Morgan fingerprint density at radius 2 is 1.56 bits per heavy atom. The lowest BCUT2D eigenvalue weighted by Gasteiger charge is -2.37. The van der Waals surface area contributed by atoms with Crippen LogP contribution in [0.3, 0.4) is 0 Å². The van der Waals surface area contributed by atoms with Crippen LogP contribution in [0.15, 0.2) is 42.5 Å². The van der Waals surface area contributed by atoms with Gasteiger partial charge in [0, 0.05) is 32.7 Å². The number of para-hydroxylation sites is 2. The first-order valence-electron chi connectivity index (χ1n) is 13.1. The number of hydrogen-bond acceptors (Lipinski definition) is 6. The highest BCUT2D eigenvalue weighted by atomic mass is 16.5. The third-order valence-electron chi connectivity index (χ3n) is 6.72. The van der Waals surface area contributed by atoms with Crippen molar-refractivity contribution in [3.8, 4) is 11.5 Å². The summed E-state index contributed by atoms with van der Waals surface area (Å²) in [6.07, 6.45) is -0.515. The molecule has 1 aliphatic rings. The smallest absolute Gasteiger partial charge is 0.142 e. The van der Waals surface area contributed by atoms with Gasteiger partial charge in [0.1, 0.15) is 18.1 Å². The Labute approximate surface area is 218 Å². The maximum Gasteiger partial charge on any atom is 0.142 e. The quantitative estimate of drug-likeness (QED) is 0.472. The molecule has 3 rings (SSSR count). The molecule has 0 aromatic heterocycles. The molecule has 6 nitrogen and oxygen atoms in total. The molecule has 1 aliphatic heterocycles. The number of hydrogen-bond donors (Lipinski definition) is 1. The predicted octanol–water partition coefficient (Wildman–Crippen LogP) is 4.87. The van der Waals surface area contributed by atoms with Crippen LogP contribution in [0.1, 0.15) is 52.7 Å². The van der Waals surface area contributed by atoms with Crippen LogP contribution in [0.25, 0.3) is 0 Å². The van der Waals surface area contributed by atoms with Crippen molar-refractivity contribution in [3.05, 3.63) is 53.6 Å². The number of aliphatic hydroxyl groups excluding tert-OH is 1. The van der Waals surface area contributed by atoms with Crippen molar-refractivity contribution in [1.82, 2.24) is 4.90 Å². The minimum atomic E-state index is -0.515. The second-order valence-corrected chi connectivity index (χ2v) is 11.7. The summed E-state index contributed by atoms with van der Waals surface area (Å²) >= 11 is 0. The molecule has 0 aliphatic carbocycles. The molecule has 36 heavy (non-hydrogen) atoms. The van der Waals surface area contributed by atoms with Crippen LogP contribution >= 0.6 is 0 Å². The number of rotatable bonds is 10. The van der Waals surface area contributed by atoms with Crippen LogP contribution in [0.4, 0.5) is 5.69 Å². The second kappa shape index (κ2) is 12.3. The summed E-state index contributed by atoms with van der Waals surface area (Å²) < 4.78 is 17.4. The van der Waals surface area contributed by atoms with Crippen molar-refractivity contribution < 1.29 is 19.3 Å². The molecule has 0 spiro atoms. The van der Waals surface area contributed by atoms with Crippen molar-refractivity contribution >= 4 is 5.69 Å². The van der Waals surface area contributed by atoms with Gasteiger partial charge in [-0.3, -0.25) is 4.90 Å². The van der Waals surface area contributed by atoms with Crippen molar-refractivity contribution in [3.63, 3.8) is 0 Å². The van der Waals surface area contributed by atoms with Gasteiger partial charge in [-0.05, 0) is 40.2 Å². The lowest BCUT2D eigenvalue weighted by atomic mass is 9.80. The summed E-state index contributed by atoms with van der Waals surface area (Å²) in [6.45, 7) is 18.8. The Bertz CT molecular complexity index is 956. The van der Waals surface area contributed by atoms with Crippen molar-refractivity contribution in [2.45, 2.75) is 58.5 Å². The van der Waals surface area contributed by atoms with E-state index in [1.165, 1.54) is 11.1 Å². The van der Waals surface area contributed by atoms with E-state index < -0.39 is 6.10 Å². The molecule has 0 radical (unpaired) electrons. The Morgan fingerprint density at radius 3 is 2.19 bits per heavy atom. The number of anilines is 1. The van der Waals surface area contributed by atoms with Crippen LogP contribution < -0.4 is 14.4 Å². The maximum atomic E-state index is 10.5. The van der Waals surface area contributed by atoms with Crippen molar-refractivity contribution in [2.24, 2.45) is 0 Å². The molecule has 200 valence electrons. The van der Waals surface area contributed by atoms with Crippen molar-refractivity contribution in [1.29, 1.82) is 0 Å². The number of methoxy groups -OCH3 is 1. The normalized spacial score (nSPS) is 16.2. The maximum absolute atomic E-state index is 10.5. The Kier molecular flexibility index (Phi) is 9.67. The highest BCUT2D eigenvalue weighted by molar-refractivity contribution is 5.58. The van der Waals surface area contributed by atoms with E-state index in [2.05, 4.69) is 75.6 Å². The fraction of sp³-hybridized carbons (Fsp3) is 0.600. The summed E-state index contributed by atoms with van der Waals surface area (Å²) in [5.41, 5.74) is 3.73. The van der Waals surface area contributed by atoms with Gasteiger partial charge in [-0.15, -0.1) is 0 Å².